The fraction of sp³-hybridized carbons (Fsp3) is 0.846. The van der Waals surface area contributed by atoms with Crippen LogP contribution < -0.4 is 0 Å². The highest BCUT2D eigenvalue weighted by Crippen LogP contribution is 2.51. The van der Waals surface area contributed by atoms with Crippen LogP contribution in [0.25, 0.3) is 0 Å². The molecule has 0 bridgehead atoms. The maximum Gasteiger partial charge on any atom is 0.311 e. The molecule has 0 aromatic heterocycles. The van der Waals surface area contributed by atoms with Crippen LogP contribution >= 0.6 is 0 Å². The lowest BCUT2D eigenvalue weighted by Crippen LogP contribution is -2.39. The van der Waals surface area contributed by atoms with E-state index < -0.39 is 11.4 Å². The number of carbonyl (C=O) groups excluding carboxylic acids is 1. The Morgan fingerprint density at radius 3 is 2.44 bits per heavy atom. The number of carboxylic acids is 1. The average Bonchev–Trinajstić information content (AvgIpc) is 3.02. The lowest BCUT2D eigenvalue weighted by Gasteiger charge is -2.24. The summed E-state index contributed by atoms with van der Waals surface area (Å²) in [7, 11) is 1.64. The maximum atomic E-state index is 12.4. The van der Waals surface area contributed by atoms with Crippen molar-refractivity contribution >= 4 is 11.9 Å². The smallest absolute Gasteiger partial charge is 0.311 e. The summed E-state index contributed by atoms with van der Waals surface area (Å²) in [6, 6.07) is 0. The molecule has 102 valence electrons. The van der Waals surface area contributed by atoms with E-state index in [-0.39, 0.29) is 11.3 Å². The number of ether oxygens (including phenoxy) is 1. The van der Waals surface area contributed by atoms with Gasteiger partial charge in [0, 0.05) is 26.8 Å². The van der Waals surface area contributed by atoms with Crippen molar-refractivity contribution in [3.8, 4) is 0 Å². The number of likely N-dealkylation sites (tertiary alicyclic amines) is 1. The lowest BCUT2D eigenvalue weighted by atomic mass is 9.90. The van der Waals surface area contributed by atoms with Crippen molar-refractivity contribution in [3.63, 3.8) is 0 Å². The number of rotatable bonds is 5. The summed E-state index contributed by atoms with van der Waals surface area (Å²) in [4.78, 5) is 25.3. The van der Waals surface area contributed by atoms with Crippen LogP contribution in [0.4, 0.5) is 0 Å². The Hall–Kier alpha value is -1.10. The summed E-state index contributed by atoms with van der Waals surface area (Å²) in [6.07, 6.45) is 3.13. The minimum absolute atomic E-state index is 0.129. The molecule has 2 rings (SSSR count). The van der Waals surface area contributed by atoms with E-state index in [1.54, 1.807) is 18.9 Å². The molecule has 0 aromatic carbocycles. The first-order valence-electron chi connectivity index (χ1n) is 6.45. The van der Waals surface area contributed by atoms with Gasteiger partial charge in [0.1, 0.15) is 0 Å². The molecular weight excluding hydrogens is 234 g/mol. The van der Waals surface area contributed by atoms with Crippen molar-refractivity contribution in [1.82, 2.24) is 4.90 Å². The van der Waals surface area contributed by atoms with E-state index in [9.17, 15) is 14.7 Å². The second kappa shape index (κ2) is 4.53. The molecule has 5 heteroatoms. The first kappa shape index (κ1) is 13.3. The second-order valence-electron chi connectivity index (χ2n) is 5.87. The molecule has 2 fully saturated rings. The molecule has 1 N–H and O–H groups in total. The van der Waals surface area contributed by atoms with Crippen LogP contribution in [0.1, 0.15) is 32.6 Å². The summed E-state index contributed by atoms with van der Waals surface area (Å²) < 4.78 is 5.04. The molecule has 1 amide bonds. The fourth-order valence-electron chi connectivity index (χ4n) is 2.66. The van der Waals surface area contributed by atoms with Crippen LogP contribution in [0.15, 0.2) is 0 Å². The van der Waals surface area contributed by atoms with Gasteiger partial charge >= 0.3 is 5.97 Å². The highest BCUT2D eigenvalue weighted by Gasteiger charge is 2.53. The quantitative estimate of drug-likeness (QED) is 0.799. The van der Waals surface area contributed by atoms with Crippen molar-refractivity contribution in [2.45, 2.75) is 32.6 Å². The van der Waals surface area contributed by atoms with Crippen molar-refractivity contribution in [3.05, 3.63) is 0 Å². The first-order chi connectivity index (χ1) is 8.43. The number of carbonyl (C=O) groups is 2. The van der Waals surface area contributed by atoms with Gasteiger partial charge in [-0.25, -0.2) is 0 Å². The van der Waals surface area contributed by atoms with Crippen molar-refractivity contribution < 1.29 is 19.4 Å². The number of carboxylic acid groups (broad SMARTS) is 1. The Morgan fingerprint density at radius 1 is 1.33 bits per heavy atom. The maximum absolute atomic E-state index is 12.4. The molecule has 0 radical (unpaired) electrons. The van der Waals surface area contributed by atoms with Crippen molar-refractivity contribution in [1.29, 1.82) is 0 Å². The fourth-order valence-corrected chi connectivity index (χ4v) is 2.66. The monoisotopic (exact) mass is 255 g/mol. The zero-order chi connectivity index (χ0) is 13.4. The highest BCUT2D eigenvalue weighted by molar-refractivity contribution is 5.87. The van der Waals surface area contributed by atoms with Crippen LogP contribution in [0.3, 0.4) is 0 Å². The van der Waals surface area contributed by atoms with E-state index in [0.29, 0.717) is 26.1 Å². The molecule has 1 atom stereocenters. The second-order valence-corrected chi connectivity index (χ2v) is 5.87. The van der Waals surface area contributed by atoms with Gasteiger partial charge in [-0.2, -0.15) is 0 Å². The van der Waals surface area contributed by atoms with E-state index >= 15 is 0 Å². The molecule has 1 saturated heterocycles. The zero-order valence-corrected chi connectivity index (χ0v) is 11.1. The van der Waals surface area contributed by atoms with Crippen LogP contribution in [0, 0.1) is 10.8 Å². The number of hydrogen-bond acceptors (Lipinski definition) is 3. The summed E-state index contributed by atoms with van der Waals surface area (Å²) in [5, 5.41) is 9.17. The Labute approximate surface area is 107 Å². The van der Waals surface area contributed by atoms with Gasteiger partial charge < -0.3 is 14.7 Å². The van der Waals surface area contributed by atoms with Gasteiger partial charge in [0.25, 0.3) is 0 Å². The van der Waals surface area contributed by atoms with E-state index in [1.807, 2.05) is 0 Å². The third kappa shape index (κ3) is 2.23. The normalized spacial score (nSPS) is 29.3. The van der Waals surface area contributed by atoms with Gasteiger partial charge in [-0.15, -0.1) is 0 Å². The Morgan fingerprint density at radius 2 is 2.00 bits per heavy atom. The van der Waals surface area contributed by atoms with E-state index in [2.05, 4.69) is 0 Å². The molecule has 1 heterocycles. The minimum atomic E-state index is -0.806. The zero-order valence-electron chi connectivity index (χ0n) is 11.1. The van der Waals surface area contributed by atoms with Crippen LogP contribution in [-0.4, -0.2) is 48.7 Å². The molecule has 2 aliphatic rings. The minimum Gasteiger partial charge on any atom is -0.481 e. The molecule has 0 spiro atoms. The van der Waals surface area contributed by atoms with Crippen molar-refractivity contribution in [2.75, 3.05) is 26.8 Å². The largest absolute Gasteiger partial charge is 0.481 e. The first-order valence-corrected chi connectivity index (χ1v) is 6.45. The standard InChI is InChI=1S/C13H21NO4/c1-12(11(16)17)5-7-14(9-12)10(15)13(3-4-13)6-8-18-2/h3-9H2,1-2H3,(H,16,17)/t12-/m1/s1. The van der Waals surface area contributed by atoms with Gasteiger partial charge in [0.05, 0.1) is 10.8 Å². The molecule has 1 aliphatic heterocycles. The summed E-state index contributed by atoms with van der Waals surface area (Å²) in [6.45, 7) is 3.22. The molecular formula is C13H21NO4. The topological polar surface area (TPSA) is 66.8 Å². The van der Waals surface area contributed by atoms with E-state index in [1.165, 1.54) is 0 Å². The molecule has 1 saturated carbocycles. The van der Waals surface area contributed by atoms with Gasteiger partial charge in [-0.3, -0.25) is 9.59 Å². The summed E-state index contributed by atoms with van der Waals surface area (Å²) in [5.41, 5.74) is -1.02. The summed E-state index contributed by atoms with van der Waals surface area (Å²) >= 11 is 0. The SMILES string of the molecule is COCCC1(C(=O)N2CC[C@@](C)(C(=O)O)C2)CC1. The predicted octanol–water partition coefficient (Wildman–Crippen LogP) is 1.13. The summed E-state index contributed by atoms with van der Waals surface area (Å²) in [5.74, 6) is -0.677. The number of hydrogen-bond donors (Lipinski definition) is 1. The predicted molar refractivity (Wildman–Crippen MR) is 65.1 cm³/mol. The Bertz CT molecular complexity index is 364. The third-order valence-electron chi connectivity index (χ3n) is 4.37. The van der Waals surface area contributed by atoms with Gasteiger partial charge in [-0.05, 0) is 32.6 Å². The average molecular weight is 255 g/mol. The molecule has 18 heavy (non-hydrogen) atoms. The van der Waals surface area contributed by atoms with Gasteiger partial charge in [0.2, 0.25) is 5.91 Å². The number of nitrogens with zero attached hydrogens (tertiary/aromatic N) is 1. The highest BCUT2D eigenvalue weighted by atomic mass is 16.5. The van der Waals surface area contributed by atoms with Crippen LogP contribution in [0.5, 0.6) is 0 Å². The lowest BCUT2D eigenvalue weighted by molar-refractivity contribution is -0.147. The van der Waals surface area contributed by atoms with Crippen molar-refractivity contribution in [2.24, 2.45) is 10.8 Å². The Kier molecular flexibility index (Phi) is 3.36. The number of amides is 1. The van der Waals surface area contributed by atoms with E-state index in [0.717, 1.165) is 19.3 Å². The van der Waals surface area contributed by atoms with Crippen LogP contribution in [-0.2, 0) is 14.3 Å². The molecule has 0 aromatic rings. The molecule has 1 aliphatic carbocycles. The molecule has 0 unspecified atom stereocenters. The van der Waals surface area contributed by atoms with E-state index in [4.69, 9.17) is 4.74 Å². The van der Waals surface area contributed by atoms with Gasteiger partial charge in [0.15, 0.2) is 0 Å². The van der Waals surface area contributed by atoms with Gasteiger partial charge in [-0.1, -0.05) is 0 Å². The number of methoxy groups -OCH3 is 1. The van der Waals surface area contributed by atoms with Crippen LogP contribution in [0.2, 0.25) is 0 Å². The molecule has 5 nitrogen and oxygen atoms in total. The third-order valence-corrected chi connectivity index (χ3v) is 4.37. The number of aliphatic carboxylic acids is 1. The Balaban J connectivity index is 1.98.